The predicted molar refractivity (Wildman–Crippen MR) is 54.1 cm³/mol. The Labute approximate surface area is 70.9 Å². The lowest BCUT2D eigenvalue weighted by Crippen LogP contribution is -1.84. The van der Waals surface area contributed by atoms with Crippen molar-refractivity contribution < 1.29 is 1.43 Å². The van der Waals surface area contributed by atoms with Crippen molar-refractivity contribution in [3.63, 3.8) is 0 Å². The molecule has 0 fully saturated rings. The molecule has 0 amide bonds. The van der Waals surface area contributed by atoms with Crippen molar-refractivity contribution in [3.8, 4) is 0 Å². The van der Waals surface area contributed by atoms with Crippen LogP contribution in [0.3, 0.4) is 0 Å². The van der Waals surface area contributed by atoms with E-state index in [1.54, 1.807) is 0 Å². The third-order valence-electron chi connectivity index (χ3n) is 1.06. The highest BCUT2D eigenvalue weighted by molar-refractivity contribution is 5.41. The second-order valence-electron chi connectivity index (χ2n) is 2.32. The fourth-order valence-corrected chi connectivity index (χ4v) is 0.605. The summed E-state index contributed by atoms with van der Waals surface area (Å²) in [5.41, 5.74) is 1.16. The quantitative estimate of drug-likeness (QED) is 0.652. The number of rotatable bonds is 1. The Bertz CT molecular complexity index is 163. The van der Waals surface area contributed by atoms with Gasteiger partial charge in [-0.25, -0.2) is 0 Å². The maximum atomic E-state index is 3.03. The molecule has 1 N–H and O–H groups in total. The zero-order chi connectivity index (χ0) is 8.53. The average Bonchev–Trinajstić information content (AvgIpc) is 2.08. The number of anilines is 1. The van der Waals surface area contributed by atoms with Gasteiger partial charge in [0.05, 0.1) is 0 Å². The first-order valence-electron chi connectivity index (χ1n) is 4.07. The highest BCUT2D eigenvalue weighted by atomic mass is 14.8. The van der Waals surface area contributed by atoms with Gasteiger partial charge in [-0.2, -0.15) is 0 Å². The predicted octanol–water partition coefficient (Wildman–Crippen LogP) is 3.39. The van der Waals surface area contributed by atoms with Gasteiger partial charge in [0.25, 0.3) is 0 Å². The second kappa shape index (κ2) is 7.13. The lowest BCUT2D eigenvalue weighted by atomic mass is 10.3. The van der Waals surface area contributed by atoms with E-state index in [0.29, 0.717) is 0 Å². The molecule has 0 aliphatic heterocycles. The molecule has 0 aliphatic carbocycles. The van der Waals surface area contributed by atoms with Crippen LogP contribution in [0.25, 0.3) is 0 Å². The maximum absolute atomic E-state index is 3.03. The van der Waals surface area contributed by atoms with Crippen molar-refractivity contribution in [1.29, 1.82) is 0 Å². The van der Waals surface area contributed by atoms with Gasteiger partial charge in [-0.3, -0.25) is 0 Å². The normalized spacial score (nSPS) is 7.91. The molecule has 1 nitrogen and oxygen atoms in total. The smallest absolute Gasteiger partial charge is 0.0337 e. The zero-order valence-electron chi connectivity index (χ0n) is 7.59. The lowest BCUT2D eigenvalue weighted by molar-refractivity contribution is 1.09. The Balaban J connectivity index is 0. The summed E-state index contributed by atoms with van der Waals surface area (Å²) < 4.78 is 0. The highest BCUT2D eigenvalue weighted by Crippen LogP contribution is 2.01. The summed E-state index contributed by atoms with van der Waals surface area (Å²) in [5.74, 6) is 0. The lowest BCUT2D eigenvalue weighted by Gasteiger charge is -1.94. The van der Waals surface area contributed by atoms with Crippen molar-refractivity contribution in [2.75, 3.05) is 12.4 Å². The Kier molecular flexibility index (Phi) is 6.50. The summed E-state index contributed by atoms with van der Waals surface area (Å²) in [7, 11) is 1.91. The molecule has 0 heterocycles. The summed E-state index contributed by atoms with van der Waals surface area (Å²) in [6.45, 7) is 4.25. The third kappa shape index (κ3) is 5.46. The molecule has 1 heteroatoms. The van der Waals surface area contributed by atoms with Gasteiger partial charge in [0.15, 0.2) is 0 Å². The number of hydrogen-bond acceptors (Lipinski definition) is 1. The van der Waals surface area contributed by atoms with Crippen molar-refractivity contribution in [3.05, 3.63) is 30.3 Å². The number of hydrogen-bond donors (Lipinski definition) is 1. The third-order valence-corrected chi connectivity index (χ3v) is 1.06. The molecule has 1 aromatic rings. The second-order valence-corrected chi connectivity index (χ2v) is 2.32. The molecule has 0 aromatic heterocycles. The van der Waals surface area contributed by atoms with Gasteiger partial charge in [0, 0.05) is 14.2 Å². The van der Waals surface area contributed by atoms with Crippen LogP contribution in [0.1, 0.15) is 21.7 Å². The van der Waals surface area contributed by atoms with Crippen LogP contribution in [0, 0.1) is 0 Å². The molecular weight excluding hydrogens is 134 g/mol. The maximum Gasteiger partial charge on any atom is 0.0337 e. The summed E-state index contributed by atoms with van der Waals surface area (Å²) in [6, 6.07) is 10.1. The van der Waals surface area contributed by atoms with Crippen LogP contribution in [0.15, 0.2) is 30.3 Å². The molecule has 0 radical (unpaired) electrons. The Morgan fingerprint density at radius 1 is 1.18 bits per heavy atom. The zero-order valence-corrected chi connectivity index (χ0v) is 7.59. The van der Waals surface area contributed by atoms with Crippen LogP contribution in [-0.2, 0) is 0 Å². The minimum atomic E-state index is 0. The van der Waals surface area contributed by atoms with Gasteiger partial charge in [-0.1, -0.05) is 38.5 Å². The number of nitrogens with one attached hydrogen (secondary N) is 1. The van der Waals surface area contributed by atoms with Crippen LogP contribution in [0.4, 0.5) is 5.69 Å². The van der Waals surface area contributed by atoms with Gasteiger partial charge in [-0.05, 0) is 12.1 Å². The van der Waals surface area contributed by atoms with Crippen molar-refractivity contribution >= 4 is 5.69 Å². The van der Waals surface area contributed by atoms with Crippen LogP contribution < -0.4 is 5.32 Å². The largest absolute Gasteiger partial charge is 0.388 e. The van der Waals surface area contributed by atoms with Gasteiger partial charge in [0.1, 0.15) is 0 Å². The van der Waals surface area contributed by atoms with Gasteiger partial charge in [-0.15, -0.1) is 0 Å². The molecule has 64 valence electrons. The van der Waals surface area contributed by atoms with Gasteiger partial charge < -0.3 is 5.32 Å². The first-order chi connectivity index (χ1) is 5.35. The minimum absolute atomic E-state index is 0. The highest BCUT2D eigenvalue weighted by Gasteiger charge is 1.77. The molecular formula is C10H19N. The number of para-hydroxylation sites is 1. The number of benzene rings is 1. The van der Waals surface area contributed by atoms with E-state index in [4.69, 9.17) is 0 Å². The van der Waals surface area contributed by atoms with Crippen LogP contribution >= 0.6 is 0 Å². The van der Waals surface area contributed by atoms with E-state index in [9.17, 15) is 0 Å². The molecule has 0 bridgehead atoms. The molecule has 0 spiro atoms. The summed E-state index contributed by atoms with van der Waals surface area (Å²) in [5, 5.41) is 3.03. The van der Waals surface area contributed by atoms with E-state index < -0.39 is 0 Å². The fraction of sp³-hybridized carbons (Fsp3) is 0.400. The Morgan fingerprint density at radius 3 is 1.91 bits per heavy atom. The molecule has 0 saturated heterocycles. The Hall–Kier alpha value is -0.980. The summed E-state index contributed by atoms with van der Waals surface area (Å²) in [4.78, 5) is 0. The average molecular weight is 153 g/mol. The van der Waals surface area contributed by atoms with E-state index in [2.05, 4.69) is 19.2 Å². The van der Waals surface area contributed by atoms with Crippen molar-refractivity contribution in [2.45, 2.75) is 20.3 Å². The SMILES string of the molecule is CCC.CNc1ccccc1.[HH]. The first kappa shape index (κ1) is 10.0. The van der Waals surface area contributed by atoms with E-state index in [1.165, 1.54) is 6.42 Å². The molecule has 0 saturated carbocycles. The summed E-state index contributed by atoms with van der Waals surface area (Å²) in [6.07, 6.45) is 1.25. The first-order valence-corrected chi connectivity index (χ1v) is 4.07. The molecule has 11 heavy (non-hydrogen) atoms. The van der Waals surface area contributed by atoms with E-state index >= 15 is 0 Å². The monoisotopic (exact) mass is 153 g/mol. The minimum Gasteiger partial charge on any atom is -0.388 e. The Morgan fingerprint density at radius 2 is 1.64 bits per heavy atom. The van der Waals surface area contributed by atoms with Crippen molar-refractivity contribution in [2.24, 2.45) is 0 Å². The van der Waals surface area contributed by atoms with E-state index in [0.717, 1.165) is 5.69 Å². The molecule has 0 atom stereocenters. The fourth-order valence-electron chi connectivity index (χ4n) is 0.605. The molecule has 1 aromatic carbocycles. The van der Waals surface area contributed by atoms with Crippen LogP contribution in [0.5, 0.6) is 0 Å². The van der Waals surface area contributed by atoms with Crippen LogP contribution in [0.2, 0.25) is 0 Å². The molecule has 1 rings (SSSR count). The van der Waals surface area contributed by atoms with Crippen molar-refractivity contribution in [1.82, 2.24) is 0 Å². The van der Waals surface area contributed by atoms with E-state index in [1.807, 2.05) is 37.4 Å². The van der Waals surface area contributed by atoms with Gasteiger partial charge >= 0.3 is 0 Å². The van der Waals surface area contributed by atoms with E-state index in [-0.39, 0.29) is 1.43 Å². The standard InChI is InChI=1S/C7H9N.C3H8.H2/c1-8-7-5-3-2-4-6-7;1-3-2;/h2-6,8H,1H3;3H2,1-2H3;1H. The topological polar surface area (TPSA) is 12.0 Å². The molecule has 0 aliphatic rings. The molecule has 0 unspecified atom stereocenters. The van der Waals surface area contributed by atoms with Crippen LogP contribution in [-0.4, -0.2) is 7.05 Å². The van der Waals surface area contributed by atoms with Gasteiger partial charge in [0.2, 0.25) is 0 Å². The summed E-state index contributed by atoms with van der Waals surface area (Å²) >= 11 is 0.